The second-order valence-corrected chi connectivity index (χ2v) is 4.85. The van der Waals surface area contributed by atoms with Crippen molar-refractivity contribution in [1.82, 2.24) is 5.32 Å². The molecule has 92 valence electrons. The van der Waals surface area contributed by atoms with Crippen LogP contribution in [0.5, 0.6) is 0 Å². The van der Waals surface area contributed by atoms with E-state index in [0.717, 1.165) is 12.1 Å². The van der Waals surface area contributed by atoms with Gasteiger partial charge in [-0.2, -0.15) is 0 Å². The Balaban J connectivity index is 3.02. The molecular formula is C11H15BFNO3. The van der Waals surface area contributed by atoms with Crippen LogP contribution in [-0.2, 0) is 0 Å². The molecule has 0 heterocycles. The first-order valence-electron chi connectivity index (χ1n) is 5.18. The number of rotatable bonds is 2. The molecule has 0 spiro atoms. The second-order valence-electron chi connectivity index (χ2n) is 4.85. The number of hydrogen-bond acceptors (Lipinski definition) is 3. The van der Waals surface area contributed by atoms with Crippen molar-refractivity contribution in [2.75, 3.05) is 0 Å². The summed E-state index contributed by atoms with van der Waals surface area (Å²) in [6.07, 6.45) is 0. The summed E-state index contributed by atoms with van der Waals surface area (Å²) in [6.45, 7) is 5.39. The van der Waals surface area contributed by atoms with Crippen molar-refractivity contribution in [2.45, 2.75) is 26.3 Å². The Kier molecular flexibility index (Phi) is 3.90. The van der Waals surface area contributed by atoms with E-state index < -0.39 is 24.4 Å². The third kappa shape index (κ3) is 4.16. The Morgan fingerprint density at radius 2 is 1.88 bits per heavy atom. The van der Waals surface area contributed by atoms with E-state index in [-0.39, 0.29) is 11.0 Å². The maximum absolute atomic E-state index is 13.2. The first kappa shape index (κ1) is 13.7. The average molecular weight is 239 g/mol. The minimum Gasteiger partial charge on any atom is -0.423 e. The average Bonchev–Trinajstić information content (AvgIpc) is 2.13. The summed E-state index contributed by atoms with van der Waals surface area (Å²) >= 11 is 0. The van der Waals surface area contributed by atoms with E-state index in [0.29, 0.717) is 0 Å². The van der Waals surface area contributed by atoms with E-state index in [1.165, 1.54) is 6.07 Å². The molecule has 0 saturated heterocycles. The Morgan fingerprint density at radius 3 is 2.35 bits per heavy atom. The Labute approximate surface area is 99.6 Å². The third-order valence-corrected chi connectivity index (χ3v) is 1.97. The zero-order valence-corrected chi connectivity index (χ0v) is 9.99. The molecule has 1 aromatic carbocycles. The summed E-state index contributed by atoms with van der Waals surface area (Å²) in [5, 5.41) is 20.5. The second kappa shape index (κ2) is 4.85. The van der Waals surface area contributed by atoms with Crippen molar-refractivity contribution in [3.8, 4) is 0 Å². The number of halogens is 1. The lowest BCUT2D eigenvalue weighted by atomic mass is 9.79. The maximum atomic E-state index is 13.2. The monoisotopic (exact) mass is 239 g/mol. The van der Waals surface area contributed by atoms with Crippen LogP contribution in [0.15, 0.2) is 18.2 Å². The van der Waals surface area contributed by atoms with E-state index in [1.807, 2.05) is 0 Å². The molecule has 0 atom stereocenters. The summed E-state index contributed by atoms with van der Waals surface area (Å²) in [6, 6.07) is 3.26. The van der Waals surface area contributed by atoms with E-state index in [4.69, 9.17) is 10.0 Å². The molecule has 0 aliphatic rings. The first-order valence-corrected chi connectivity index (χ1v) is 5.18. The number of nitrogens with one attached hydrogen (secondary N) is 1. The van der Waals surface area contributed by atoms with Gasteiger partial charge in [0.05, 0.1) is 0 Å². The van der Waals surface area contributed by atoms with Gasteiger partial charge in [-0.15, -0.1) is 0 Å². The van der Waals surface area contributed by atoms with Gasteiger partial charge in [0.15, 0.2) is 0 Å². The van der Waals surface area contributed by atoms with Crippen molar-refractivity contribution >= 4 is 18.5 Å². The van der Waals surface area contributed by atoms with Crippen LogP contribution in [0.2, 0.25) is 0 Å². The lowest BCUT2D eigenvalue weighted by Gasteiger charge is -2.20. The summed E-state index contributed by atoms with van der Waals surface area (Å²) in [5.41, 5.74) is -0.437. The summed E-state index contributed by atoms with van der Waals surface area (Å²) in [5.74, 6) is -1.14. The summed E-state index contributed by atoms with van der Waals surface area (Å²) in [4.78, 5) is 11.7. The van der Waals surface area contributed by atoms with E-state index in [9.17, 15) is 9.18 Å². The molecule has 1 rings (SSSR count). The molecule has 0 fully saturated rings. The highest BCUT2D eigenvalue weighted by Crippen LogP contribution is 2.06. The van der Waals surface area contributed by atoms with Gasteiger partial charge < -0.3 is 15.4 Å². The van der Waals surface area contributed by atoms with Gasteiger partial charge in [-0.1, -0.05) is 0 Å². The molecular weight excluding hydrogens is 224 g/mol. The molecule has 3 N–H and O–H groups in total. The number of carbonyl (C=O) groups is 1. The third-order valence-electron chi connectivity index (χ3n) is 1.97. The molecule has 0 bridgehead atoms. The first-order chi connectivity index (χ1) is 7.69. The molecule has 0 aliphatic carbocycles. The van der Waals surface area contributed by atoms with Crippen molar-refractivity contribution in [3.05, 3.63) is 29.6 Å². The Morgan fingerprint density at radius 1 is 1.29 bits per heavy atom. The Hall–Kier alpha value is -1.40. The fourth-order valence-corrected chi connectivity index (χ4v) is 1.31. The van der Waals surface area contributed by atoms with Crippen molar-refractivity contribution < 1.29 is 19.2 Å². The van der Waals surface area contributed by atoms with Gasteiger partial charge in [0.25, 0.3) is 5.91 Å². The molecule has 1 amide bonds. The normalized spacial score (nSPS) is 11.2. The number of amides is 1. The van der Waals surface area contributed by atoms with Crippen LogP contribution < -0.4 is 10.8 Å². The van der Waals surface area contributed by atoms with Crippen LogP contribution in [0.1, 0.15) is 31.1 Å². The number of hydrogen-bond donors (Lipinski definition) is 3. The van der Waals surface area contributed by atoms with Crippen molar-refractivity contribution in [1.29, 1.82) is 0 Å². The smallest absolute Gasteiger partial charge is 0.423 e. The van der Waals surface area contributed by atoms with Crippen LogP contribution in [0, 0.1) is 5.82 Å². The van der Waals surface area contributed by atoms with Crippen LogP contribution in [0.4, 0.5) is 4.39 Å². The van der Waals surface area contributed by atoms with Gasteiger partial charge in [-0.25, -0.2) is 4.39 Å². The highest BCUT2D eigenvalue weighted by Gasteiger charge is 2.19. The molecule has 17 heavy (non-hydrogen) atoms. The van der Waals surface area contributed by atoms with Crippen molar-refractivity contribution in [3.63, 3.8) is 0 Å². The molecule has 6 heteroatoms. The summed E-state index contributed by atoms with van der Waals surface area (Å²) < 4.78 is 13.2. The SMILES string of the molecule is CC(C)(C)NC(=O)c1cc(F)cc(B(O)O)c1. The zero-order valence-electron chi connectivity index (χ0n) is 9.99. The molecule has 1 aromatic rings. The van der Waals surface area contributed by atoms with Crippen LogP contribution in [0.25, 0.3) is 0 Å². The predicted octanol–water partition coefficient (Wildman–Crippen LogP) is 0.0338. The van der Waals surface area contributed by atoms with Gasteiger partial charge in [0.2, 0.25) is 0 Å². The van der Waals surface area contributed by atoms with Crippen LogP contribution >= 0.6 is 0 Å². The fourth-order valence-electron chi connectivity index (χ4n) is 1.31. The summed E-state index contributed by atoms with van der Waals surface area (Å²) in [7, 11) is -1.80. The molecule has 0 aromatic heterocycles. The highest BCUT2D eigenvalue weighted by molar-refractivity contribution is 6.58. The van der Waals surface area contributed by atoms with Gasteiger partial charge in [-0.3, -0.25) is 4.79 Å². The minimum absolute atomic E-state index is 0.0518. The van der Waals surface area contributed by atoms with E-state index in [2.05, 4.69) is 5.32 Å². The minimum atomic E-state index is -1.80. The lowest BCUT2D eigenvalue weighted by Crippen LogP contribution is -2.41. The largest absolute Gasteiger partial charge is 0.488 e. The van der Waals surface area contributed by atoms with Gasteiger partial charge in [0, 0.05) is 11.1 Å². The maximum Gasteiger partial charge on any atom is 0.488 e. The van der Waals surface area contributed by atoms with Crippen LogP contribution in [0.3, 0.4) is 0 Å². The quantitative estimate of drug-likeness (QED) is 0.638. The molecule has 0 radical (unpaired) electrons. The molecule has 0 aliphatic heterocycles. The highest BCUT2D eigenvalue weighted by atomic mass is 19.1. The zero-order chi connectivity index (χ0) is 13.2. The predicted molar refractivity (Wildman–Crippen MR) is 63.4 cm³/mol. The van der Waals surface area contributed by atoms with Gasteiger partial charge >= 0.3 is 7.12 Å². The van der Waals surface area contributed by atoms with E-state index >= 15 is 0 Å². The number of carbonyl (C=O) groups excluding carboxylic acids is 1. The topological polar surface area (TPSA) is 69.6 Å². The Bertz CT molecular complexity index is 429. The number of benzene rings is 1. The lowest BCUT2D eigenvalue weighted by molar-refractivity contribution is 0.0919. The molecule has 0 saturated carbocycles. The fraction of sp³-hybridized carbons (Fsp3) is 0.364. The van der Waals surface area contributed by atoms with Crippen LogP contribution in [-0.4, -0.2) is 28.6 Å². The standard InChI is InChI=1S/C11H15BFNO3/c1-11(2,3)14-10(15)7-4-8(12(16)17)6-9(13)5-7/h4-6,16-17H,1-3H3,(H,14,15). The van der Waals surface area contributed by atoms with Crippen molar-refractivity contribution in [2.24, 2.45) is 0 Å². The van der Waals surface area contributed by atoms with Gasteiger partial charge in [-0.05, 0) is 44.4 Å². The molecule has 4 nitrogen and oxygen atoms in total. The van der Waals surface area contributed by atoms with E-state index in [1.54, 1.807) is 20.8 Å². The van der Waals surface area contributed by atoms with Gasteiger partial charge in [0.1, 0.15) is 5.82 Å². The molecule has 0 unspecified atom stereocenters.